The number of nitro groups is 1. The molecule has 3 rings (SSSR count). The zero-order valence-electron chi connectivity index (χ0n) is 13.4. The third-order valence-electron chi connectivity index (χ3n) is 3.78. The lowest BCUT2D eigenvalue weighted by atomic mass is 10.1. The van der Waals surface area contributed by atoms with Gasteiger partial charge in [0.25, 0.3) is 0 Å². The average molecular weight is 323 g/mol. The van der Waals surface area contributed by atoms with Gasteiger partial charge in [0.1, 0.15) is 5.69 Å². The molecule has 3 aromatic rings. The van der Waals surface area contributed by atoms with E-state index < -0.39 is 4.92 Å². The minimum Gasteiger partial charge on any atom is -0.360 e. The van der Waals surface area contributed by atoms with Crippen LogP contribution in [0.1, 0.15) is 11.3 Å². The molecule has 2 aromatic heterocycles. The summed E-state index contributed by atoms with van der Waals surface area (Å²) >= 11 is 0. The first-order chi connectivity index (χ1) is 11.6. The van der Waals surface area contributed by atoms with Crippen LogP contribution in [0.5, 0.6) is 0 Å². The van der Waals surface area contributed by atoms with Crippen molar-refractivity contribution >= 4 is 11.5 Å². The molecule has 7 nitrogen and oxygen atoms in total. The second-order valence-electron chi connectivity index (χ2n) is 5.46. The predicted octanol–water partition coefficient (Wildman–Crippen LogP) is 3.31. The fourth-order valence-corrected chi connectivity index (χ4v) is 2.60. The van der Waals surface area contributed by atoms with Crippen LogP contribution >= 0.6 is 0 Å². The number of aryl methyl sites for hydroxylation is 2. The first-order valence-electron chi connectivity index (χ1n) is 7.47. The van der Waals surface area contributed by atoms with Gasteiger partial charge < -0.3 is 5.32 Å². The van der Waals surface area contributed by atoms with Crippen molar-refractivity contribution in [2.75, 3.05) is 5.32 Å². The van der Waals surface area contributed by atoms with Crippen molar-refractivity contribution in [2.24, 2.45) is 7.05 Å². The van der Waals surface area contributed by atoms with Gasteiger partial charge in [-0.3, -0.25) is 15.1 Å². The second kappa shape index (κ2) is 6.49. The van der Waals surface area contributed by atoms with Gasteiger partial charge in [-0.25, -0.2) is 4.68 Å². The van der Waals surface area contributed by atoms with Gasteiger partial charge in [-0.1, -0.05) is 30.3 Å². The number of hydrogen-bond acceptors (Lipinski definition) is 5. The van der Waals surface area contributed by atoms with Crippen molar-refractivity contribution in [3.8, 4) is 11.1 Å². The van der Waals surface area contributed by atoms with E-state index in [1.807, 2.05) is 42.6 Å². The molecule has 7 heteroatoms. The van der Waals surface area contributed by atoms with Crippen LogP contribution in [-0.2, 0) is 13.6 Å². The van der Waals surface area contributed by atoms with Crippen LogP contribution in [0.2, 0.25) is 0 Å². The monoisotopic (exact) mass is 323 g/mol. The summed E-state index contributed by atoms with van der Waals surface area (Å²) < 4.78 is 1.50. The van der Waals surface area contributed by atoms with Crippen LogP contribution in [0.15, 0.2) is 48.8 Å². The molecule has 2 heterocycles. The van der Waals surface area contributed by atoms with Crippen molar-refractivity contribution in [3.05, 3.63) is 70.2 Å². The first kappa shape index (κ1) is 15.7. The molecule has 0 radical (unpaired) electrons. The van der Waals surface area contributed by atoms with E-state index in [1.165, 1.54) is 4.68 Å². The standard InChI is InChI=1S/C17H17N5O2/c1-12-16(22(23)24)17(21(2)20-12)19-10-13-5-7-14(8-6-13)15-4-3-9-18-11-15/h3-9,11,19H,10H2,1-2H3. The molecule has 0 aliphatic carbocycles. The lowest BCUT2D eigenvalue weighted by molar-refractivity contribution is -0.384. The summed E-state index contributed by atoms with van der Waals surface area (Å²) in [5.41, 5.74) is 3.57. The van der Waals surface area contributed by atoms with Crippen LogP contribution < -0.4 is 5.32 Å². The molecule has 0 amide bonds. The van der Waals surface area contributed by atoms with E-state index in [0.717, 1.165) is 16.7 Å². The number of pyridine rings is 1. The van der Waals surface area contributed by atoms with Gasteiger partial charge in [0.05, 0.1) is 4.92 Å². The van der Waals surface area contributed by atoms with Gasteiger partial charge >= 0.3 is 5.69 Å². The average Bonchev–Trinajstić information content (AvgIpc) is 2.88. The second-order valence-corrected chi connectivity index (χ2v) is 5.46. The fourth-order valence-electron chi connectivity index (χ4n) is 2.60. The SMILES string of the molecule is Cc1nn(C)c(NCc2ccc(-c3cccnc3)cc2)c1[N+](=O)[O-]. The summed E-state index contributed by atoms with van der Waals surface area (Å²) in [5, 5.41) is 18.4. The summed E-state index contributed by atoms with van der Waals surface area (Å²) in [7, 11) is 1.69. The smallest absolute Gasteiger partial charge is 0.333 e. The minimum absolute atomic E-state index is 0.0180. The van der Waals surface area contributed by atoms with Crippen molar-refractivity contribution < 1.29 is 4.92 Å². The molecule has 0 unspecified atom stereocenters. The van der Waals surface area contributed by atoms with E-state index in [9.17, 15) is 10.1 Å². The molecule has 24 heavy (non-hydrogen) atoms. The van der Waals surface area contributed by atoms with Gasteiger partial charge in [-0.2, -0.15) is 5.10 Å². The zero-order chi connectivity index (χ0) is 17.1. The van der Waals surface area contributed by atoms with Crippen LogP contribution in [-0.4, -0.2) is 19.7 Å². The summed E-state index contributed by atoms with van der Waals surface area (Å²) in [5.74, 6) is 0.411. The van der Waals surface area contributed by atoms with Gasteiger partial charge in [-0.15, -0.1) is 0 Å². The highest BCUT2D eigenvalue weighted by atomic mass is 16.6. The molecular formula is C17H17N5O2. The molecule has 1 N–H and O–H groups in total. The van der Waals surface area contributed by atoms with Gasteiger partial charge in [0, 0.05) is 26.0 Å². The maximum atomic E-state index is 11.2. The van der Waals surface area contributed by atoms with Crippen molar-refractivity contribution in [2.45, 2.75) is 13.5 Å². The van der Waals surface area contributed by atoms with Crippen LogP contribution in [0, 0.1) is 17.0 Å². The Hall–Kier alpha value is -3.22. The zero-order valence-corrected chi connectivity index (χ0v) is 13.4. The van der Waals surface area contributed by atoms with E-state index in [2.05, 4.69) is 15.4 Å². The van der Waals surface area contributed by atoms with E-state index in [-0.39, 0.29) is 5.69 Å². The van der Waals surface area contributed by atoms with Gasteiger partial charge in [0.15, 0.2) is 0 Å². The number of aromatic nitrogens is 3. The summed E-state index contributed by atoms with van der Waals surface area (Å²) in [4.78, 5) is 14.9. The molecular weight excluding hydrogens is 306 g/mol. The Morgan fingerprint density at radius 2 is 1.96 bits per heavy atom. The number of nitrogens with zero attached hydrogens (tertiary/aromatic N) is 4. The molecule has 0 fully saturated rings. The maximum Gasteiger partial charge on any atom is 0.333 e. The number of rotatable bonds is 5. The number of benzene rings is 1. The van der Waals surface area contributed by atoms with E-state index in [4.69, 9.17) is 0 Å². The summed E-state index contributed by atoms with van der Waals surface area (Å²) in [6.07, 6.45) is 3.56. The third-order valence-corrected chi connectivity index (χ3v) is 3.78. The van der Waals surface area contributed by atoms with Gasteiger partial charge in [0.2, 0.25) is 5.82 Å². The Kier molecular flexibility index (Phi) is 4.24. The molecule has 122 valence electrons. The molecule has 0 saturated heterocycles. The Labute approximate surface area is 139 Å². The molecule has 0 spiro atoms. The summed E-state index contributed by atoms with van der Waals surface area (Å²) in [6.45, 7) is 2.11. The molecule has 0 atom stereocenters. The lowest BCUT2D eigenvalue weighted by Gasteiger charge is -2.07. The highest BCUT2D eigenvalue weighted by molar-refractivity contribution is 5.63. The van der Waals surface area contributed by atoms with Crippen molar-refractivity contribution in [1.82, 2.24) is 14.8 Å². The number of anilines is 1. The predicted molar refractivity (Wildman–Crippen MR) is 91.6 cm³/mol. The lowest BCUT2D eigenvalue weighted by Crippen LogP contribution is -2.06. The van der Waals surface area contributed by atoms with Crippen molar-refractivity contribution in [1.29, 1.82) is 0 Å². The Balaban J connectivity index is 1.75. The molecule has 0 saturated carbocycles. The third kappa shape index (κ3) is 3.10. The van der Waals surface area contributed by atoms with Crippen LogP contribution in [0.4, 0.5) is 11.5 Å². The van der Waals surface area contributed by atoms with E-state index in [0.29, 0.717) is 18.1 Å². The Bertz CT molecular complexity index is 857. The number of nitrogens with one attached hydrogen (secondary N) is 1. The van der Waals surface area contributed by atoms with Crippen LogP contribution in [0.25, 0.3) is 11.1 Å². The molecule has 0 aliphatic heterocycles. The Morgan fingerprint density at radius 3 is 2.58 bits per heavy atom. The normalized spacial score (nSPS) is 10.6. The fraction of sp³-hybridized carbons (Fsp3) is 0.176. The Morgan fingerprint density at radius 1 is 1.21 bits per heavy atom. The molecule has 0 aliphatic rings. The highest BCUT2D eigenvalue weighted by Gasteiger charge is 2.23. The largest absolute Gasteiger partial charge is 0.360 e. The topological polar surface area (TPSA) is 85.9 Å². The van der Waals surface area contributed by atoms with E-state index in [1.54, 1.807) is 20.2 Å². The highest BCUT2D eigenvalue weighted by Crippen LogP contribution is 2.27. The maximum absolute atomic E-state index is 11.2. The van der Waals surface area contributed by atoms with Gasteiger partial charge in [-0.05, 0) is 29.7 Å². The number of hydrogen-bond donors (Lipinski definition) is 1. The minimum atomic E-state index is -0.407. The molecule has 1 aromatic carbocycles. The molecule has 0 bridgehead atoms. The van der Waals surface area contributed by atoms with Crippen LogP contribution in [0.3, 0.4) is 0 Å². The first-order valence-corrected chi connectivity index (χ1v) is 7.47. The van der Waals surface area contributed by atoms with Crippen molar-refractivity contribution in [3.63, 3.8) is 0 Å². The van der Waals surface area contributed by atoms with E-state index >= 15 is 0 Å². The summed E-state index contributed by atoms with van der Waals surface area (Å²) in [6, 6.07) is 11.9. The quantitative estimate of drug-likeness (QED) is 0.575.